The second kappa shape index (κ2) is 12.4. The molecule has 3 aromatic rings. The zero-order valence-electron chi connectivity index (χ0n) is 19.3. The zero-order chi connectivity index (χ0) is 24.3. The maximum atomic E-state index is 11.0. The first kappa shape index (κ1) is 24.8. The minimum absolute atomic E-state index is 0.0000589. The fraction of sp³-hybridized carbons (Fsp3) is 0.360. The van der Waals surface area contributed by atoms with Gasteiger partial charge in [-0.2, -0.15) is 0 Å². The molecule has 1 N–H and O–H groups in total. The largest absolute Gasteiger partial charge is 0.369 e. The van der Waals surface area contributed by atoms with Crippen molar-refractivity contribution in [3.05, 3.63) is 74.8 Å². The van der Waals surface area contributed by atoms with Crippen molar-refractivity contribution in [3.63, 3.8) is 0 Å². The van der Waals surface area contributed by atoms with E-state index in [0.717, 1.165) is 30.5 Å². The summed E-state index contributed by atoms with van der Waals surface area (Å²) >= 11 is 0. The number of hydrogen-bond acceptors (Lipinski definition) is 7. The van der Waals surface area contributed by atoms with Gasteiger partial charge in [0.15, 0.2) is 0 Å². The van der Waals surface area contributed by atoms with Crippen LogP contribution in [0.2, 0.25) is 0 Å². The molecule has 0 fully saturated rings. The Morgan fingerprint density at radius 2 is 1.26 bits per heavy atom. The van der Waals surface area contributed by atoms with E-state index >= 15 is 0 Å². The highest BCUT2D eigenvalue weighted by molar-refractivity contribution is 5.82. The van der Waals surface area contributed by atoms with Gasteiger partial charge in [-0.25, -0.2) is 0 Å². The first-order chi connectivity index (χ1) is 16.5. The van der Waals surface area contributed by atoms with Gasteiger partial charge in [0.1, 0.15) is 11.5 Å². The molecule has 1 aromatic heterocycles. The SMILES string of the molecule is CCCCCCCCCNc1cc(-c2ccc([N+](=O)[O-])cc2)c(-c2ccc([N+](=O)[O-])cc2)nn1. The Balaban J connectivity index is 1.79. The van der Waals surface area contributed by atoms with E-state index in [1.807, 2.05) is 6.07 Å². The van der Waals surface area contributed by atoms with Gasteiger partial charge in [0.05, 0.1) is 9.85 Å². The van der Waals surface area contributed by atoms with Crippen LogP contribution in [0.5, 0.6) is 0 Å². The van der Waals surface area contributed by atoms with E-state index in [9.17, 15) is 20.2 Å². The molecule has 0 spiro atoms. The van der Waals surface area contributed by atoms with Crippen LogP contribution in [0.15, 0.2) is 54.6 Å². The first-order valence-electron chi connectivity index (χ1n) is 11.6. The number of hydrogen-bond donors (Lipinski definition) is 1. The molecule has 178 valence electrons. The van der Waals surface area contributed by atoms with Crippen molar-refractivity contribution in [1.29, 1.82) is 0 Å². The van der Waals surface area contributed by atoms with E-state index in [1.54, 1.807) is 24.3 Å². The third-order valence-electron chi connectivity index (χ3n) is 5.62. The van der Waals surface area contributed by atoms with Gasteiger partial charge in [-0.15, -0.1) is 10.2 Å². The number of benzene rings is 2. The van der Waals surface area contributed by atoms with Crippen LogP contribution < -0.4 is 5.32 Å². The predicted molar refractivity (Wildman–Crippen MR) is 133 cm³/mol. The standard InChI is InChI=1S/C25H29N5O4/c1-2-3-4-5-6-7-8-17-26-24-18-23(19-9-13-21(14-10-19)29(31)32)25(28-27-24)20-11-15-22(16-12-20)30(33)34/h9-16,18H,2-8,17H2,1H3,(H,26,27). The van der Waals surface area contributed by atoms with Crippen molar-refractivity contribution in [3.8, 4) is 22.4 Å². The number of rotatable bonds is 13. The summed E-state index contributed by atoms with van der Waals surface area (Å²) in [4.78, 5) is 21.1. The summed E-state index contributed by atoms with van der Waals surface area (Å²) in [5.41, 5.74) is 2.69. The molecule has 0 bridgehead atoms. The minimum Gasteiger partial charge on any atom is -0.369 e. The number of nitro benzene ring substituents is 2. The highest BCUT2D eigenvalue weighted by Crippen LogP contribution is 2.33. The van der Waals surface area contributed by atoms with E-state index in [4.69, 9.17) is 0 Å². The fourth-order valence-electron chi connectivity index (χ4n) is 3.71. The van der Waals surface area contributed by atoms with Gasteiger partial charge in [-0.1, -0.05) is 45.4 Å². The Hall–Kier alpha value is -3.88. The van der Waals surface area contributed by atoms with Crippen LogP contribution in [0.25, 0.3) is 22.4 Å². The lowest BCUT2D eigenvalue weighted by molar-refractivity contribution is -0.385. The van der Waals surface area contributed by atoms with Crippen LogP contribution in [0, 0.1) is 20.2 Å². The van der Waals surface area contributed by atoms with Crippen LogP contribution in [-0.2, 0) is 0 Å². The second-order valence-electron chi connectivity index (χ2n) is 8.15. The van der Waals surface area contributed by atoms with Crippen molar-refractivity contribution in [2.24, 2.45) is 0 Å². The van der Waals surface area contributed by atoms with Crippen molar-refractivity contribution in [2.75, 3.05) is 11.9 Å². The van der Waals surface area contributed by atoms with Gasteiger partial charge in [0.2, 0.25) is 0 Å². The Morgan fingerprint density at radius 3 is 1.82 bits per heavy atom. The molecule has 0 saturated carbocycles. The van der Waals surface area contributed by atoms with Crippen molar-refractivity contribution >= 4 is 17.2 Å². The summed E-state index contributed by atoms with van der Waals surface area (Å²) in [5.74, 6) is 0.616. The minimum atomic E-state index is -0.455. The molecule has 0 unspecified atom stereocenters. The molecule has 0 aliphatic heterocycles. The molecule has 9 heteroatoms. The maximum absolute atomic E-state index is 11.0. The molecule has 0 aliphatic carbocycles. The molecule has 0 amide bonds. The number of nitrogens with one attached hydrogen (secondary N) is 1. The van der Waals surface area contributed by atoms with Crippen LogP contribution in [0.4, 0.5) is 17.2 Å². The van der Waals surface area contributed by atoms with Gasteiger partial charge in [-0.05, 0) is 42.3 Å². The Kier molecular flexibility index (Phi) is 9.02. The summed E-state index contributed by atoms with van der Waals surface area (Å²) in [5, 5.41) is 34.0. The molecule has 1 heterocycles. The van der Waals surface area contributed by atoms with E-state index in [1.165, 1.54) is 56.4 Å². The molecule has 0 radical (unpaired) electrons. The number of anilines is 1. The van der Waals surface area contributed by atoms with Gasteiger partial charge in [-0.3, -0.25) is 20.2 Å². The normalized spacial score (nSPS) is 10.7. The predicted octanol–water partition coefficient (Wildman–Crippen LogP) is 6.79. The molecule has 0 saturated heterocycles. The lowest BCUT2D eigenvalue weighted by atomic mass is 9.99. The average molecular weight is 464 g/mol. The first-order valence-corrected chi connectivity index (χ1v) is 11.6. The number of unbranched alkanes of at least 4 members (excludes halogenated alkanes) is 6. The van der Waals surface area contributed by atoms with Gasteiger partial charge < -0.3 is 5.32 Å². The summed E-state index contributed by atoms with van der Waals surface area (Å²) in [7, 11) is 0. The quantitative estimate of drug-likeness (QED) is 0.168. The fourth-order valence-corrected chi connectivity index (χ4v) is 3.71. The van der Waals surface area contributed by atoms with Gasteiger partial charge in [0, 0.05) is 41.9 Å². The van der Waals surface area contributed by atoms with E-state index < -0.39 is 9.85 Å². The number of nitro groups is 2. The third-order valence-corrected chi connectivity index (χ3v) is 5.62. The van der Waals surface area contributed by atoms with Gasteiger partial charge >= 0.3 is 0 Å². The van der Waals surface area contributed by atoms with E-state index in [0.29, 0.717) is 17.1 Å². The topological polar surface area (TPSA) is 124 Å². The molecular weight excluding hydrogens is 434 g/mol. The molecule has 0 aliphatic rings. The smallest absolute Gasteiger partial charge is 0.269 e. The van der Waals surface area contributed by atoms with Crippen molar-refractivity contribution < 1.29 is 9.85 Å². The third kappa shape index (κ3) is 6.81. The Morgan fingerprint density at radius 1 is 0.735 bits per heavy atom. The summed E-state index contributed by atoms with van der Waals surface area (Å²) in [6.45, 7) is 2.99. The summed E-state index contributed by atoms with van der Waals surface area (Å²) in [6, 6.07) is 14.2. The van der Waals surface area contributed by atoms with E-state index in [2.05, 4.69) is 22.4 Å². The van der Waals surface area contributed by atoms with Crippen LogP contribution in [-0.4, -0.2) is 26.6 Å². The molecule has 3 rings (SSSR count). The summed E-state index contributed by atoms with van der Waals surface area (Å²) < 4.78 is 0. The number of non-ortho nitro benzene ring substituents is 2. The summed E-state index contributed by atoms with van der Waals surface area (Å²) in [6.07, 6.45) is 8.50. The van der Waals surface area contributed by atoms with E-state index in [-0.39, 0.29) is 11.4 Å². The maximum Gasteiger partial charge on any atom is 0.269 e. The molecule has 2 aromatic carbocycles. The Bertz CT molecular complexity index is 1100. The van der Waals surface area contributed by atoms with Crippen molar-refractivity contribution in [1.82, 2.24) is 10.2 Å². The zero-order valence-corrected chi connectivity index (χ0v) is 19.3. The molecule has 0 atom stereocenters. The van der Waals surface area contributed by atoms with Crippen molar-refractivity contribution in [2.45, 2.75) is 51.9 Å². The molecular formula is C25H29N5O4. The molecule has 34 heavy (non-hydrogen) atoms. The lowest BCUT2D eigenvalue weighted by Crippen LogP contribution is -2.05. The Labute approximate surface area is 198 Å². The van der Waals surface area contributed by atoms with Crippen LogP contribution >= 0.6 is 0 Å². The average Bonchev–Trinajstić information content (AvgIpc) is 2.85. The highest BCUT2D eigenvalue weighted by atomic mass is 16.6. The number of nitrogens with zero attached hydrogens (tertiary/aromatic N) is 4. The number of aromatic nitrogens is 2. The highest BCUT2D eigenvalue weighted by Gasteiger charge is 2.15. The second-order valence-corrected chi connectivity index (χ2v) is 8.15. The lowest BCUT2D eigenvalue weighted by Gasteiger charge is -2.12. The monoisotopic (exact) mass is 463 g/mol. The molecule has 9 nitrogen and oxygen atoms in total. The van der Waals surface area contributed by atoms with Crippen LogP contribution in [0.1, 0.15) is 51.9 Å². The van der Waals surface area contributed by atoms with Gasteiger partial charge in [0.25, 0.3) is 11.4 Å². The van der Waals surface area contributed by atoms with Crippen LogP contribution in [0.3, 0.4) is 0 Å².